The molecule has 0 saturated carbocycles. The van der Waals surface area contributed by atoms with Crippen molar-refractivity contribution in [3.8, 4) is 0 Å². The number of rotatable bonds is 5. The fourth-order valence-electron chi connectivity index (χ4n) is 2.01. The van der Waals surface area contributed by atoms with Crippen LogP contribution < -0.4 is 11.1 Å². The zero-order valence-corrected chi connectivity index (χ0v) is 11.5. The van der Waals surface area contributed by atoms with Crippen LogP contribution >= 0.6 is 0 Å². The molecule has 100 valence electrons. The maximum Gasteiger partial charge on any atom is 0.250 e. The van der Waals surface area contributed by atoms with E-state index < -0.39 is 6.10 Å². The highest BCUT2D eigenvalue weighted by atomic mass is 16.5. The number of hydrogen-bond donors (Lipinski definition) is 2. The maximum atomic E-state index is 11.9. The Balaban J connectivity index is 2.76. The van der Waals surface area contributed by atoms with Crippen molar-refractivity contribution < 1.29 is 9.53 Å². The fraction of sp³-hybridized carbons (Fsp3) is 0.500. The molecule has 1 rings (SSSR count). The SMILES string of the molecule is COC(CN)C(=O)NC(C)c1ccc(C)cc1C. The van der Waals surface area contributed by atoms with Crippen LogP contribution in [-0.2, 0) is 9.53 Å². The summed E-state index contributed by atoms with van der Waals surface area (Å²) in [7, 11) is 1.49. The van der Waals surface area contributed by atoms with E-state index >= 15 is 0 Å². The van der Waals surface area contributed by atoms with E-state index in [-0.39, 0.29) is 18.5 Å². The summed E-state index contributed by atoms with van der Waals surface area (Å²) < 4.78 is 5.01. The van der Waals surface area contributed by atoms with Crippen molar-refractivity contribution in [1.82, 2.24) is 5.32 Å². The van der Waals surface area contributed by atoms with Gasteiger partial charge >= 0.3 is 0 Å². The molecule has 0 bridgehead atoms. The maximum absolute atomic E-state index is 11.9. The minimum absolute atomic E-state index is 0.0534. The van der Waals surface area contributed by atoms with Crippen molar-refractivity contribution in [1.29, 1.82) is 0 Å². The van der Waals surface area contributed by atoms with Gasteiger partial charge in [0.2, 0.25) is 0 Å². The van der Waals surface area contributed by atoms with Crippen molar-refractivity contribution in [2.24, 2.45) is 5.73 Å². The molecule has 2 unspecified atom stereocenters. The van der Waals surface area contributed by atoms with Crippen molar-refractivity contribution in [2.75, 3.05) is 13.7 Å². The zero-order chi connectivity index (χ0) is 13.7. The van der Waals surface area contributed by atoms with Crippen molar-refractivity contribution in [2.45, 2.75) is 32.9 Å². The average Bonchev–Trinajstić information content (AvgIpc) is 2.30. The molecule has 1 aromatic carbocycles. The van der Waals surface area contributed by atoms with Crippen LogP contribution in [0.2, 0.25) is 0 Å². The van der Waals surface area contributed by atoms with E-state index in [1.54, 1.807) is 0 Å². The normalized spacial score (nSPS) is 14.1. The van der Waals surface area contributed by atoms with Gasteiger partial charge in [-0.2, -0.15) is 0 Å². The number of nitrogens with two attached hydrogens (primary N) is 1. The van der Waals surface area contributed by atoms with Crippen LogP contribution in [0, 0.1) is 13.8 Å². The number of amides is 1. The molecule has 2 atom stereocenters. The summed E-state index contributed by atoms with van der Waals surface area (Å²) in [5.41, 5.74) is 8.96. The second-order valence-electron chi connectivity index (χ2n) is 4.55. The first-order valence-electron chi connectivity index (χ1n) is 6.10. The van der Waals surface area contributed by atoms with Gasteiger partial charge in [0.05, 0.1) is 6.04 Å². The molecule has 1 aromatic rings. The zero-order valence-electron chi connectivity index (χ0n) is 11.5. The number of aryl methyl sites for hydroxylation is 2. The number of methoxy groups -OCH3 is 1. The van der Waals surface area contributed by atoms with E-state index in [0.717, 1.165) is 5.56 Å². The molecule has 0 heterocycles. The minimum Gasteiger partial charge on any atom is -0.370 e. The monoisotopic (exact) mass is 250 g/mol. The quantitative estimate of drug-likeness (QED) is 0.831. The Morgan fingerprint density at radius 2 is 2.11 bits per heavy atom. The molecule has 0 aliphatic rings. The molecule has 0 saturated heterocycles. The second kappa shape index (κ2) is 6.52. The van der Waals surface area contributed by atoms with Crippen LogP contribution in [0.5, 0.6) is 0 Å². The molecule has 1 amide bonds. The number of benzene rings is 1. The van der Waals surface area contributed by atoms with E-state index in [9.17, 15) is 4.79 Å². The Morgan fingerprint density at radius 1 is 1.44 bits per heavy atom. The Labute approximate surface area is 109 Å². The summed E-state index contributed by atoms with van der Waals surface area (Å²) in [5, 5.41) is 2.91. The van der Waals surface area contributed by atoms with Gasteiger partial charge < -0.3 is 15.8 Å². The third-order valence-corrected chi connectivity index (χ3v) is 3.04. The number of ether oxygens (including phenoxy) is 1. The number of nitrogens with one attached hydrogen (secondary N) is 1. The molecule has 0 aliphatic heterocycles. The molecule has 0 radical (unpaired) electrons. The van der Waals surface area contributed by atoms with Gasteiger partial charge in [0.15, 0.2) is 0 Å². The second-order valence-corrected chi connectivity index (χ2v) is 4.55. The van der Waals surface area contributed by atoms with Crippen LogP contribution in [0.3, 0.4) is 0 Å². The fourth-order valence-corrected chi connectivity index (χ4v) is 2.01. The molecule has 18 heavy (non-hydrogen) atoms. The third kappa shape index (κ3) is 3.55. The Kier molecular flexibility index (Phi) is 5.31. The smallest absolute Gasteiger partial charge is 0.250 e. The number of carbonyl (C=O) groups excluding carboxylic acids is 1. The summed E-state index contributed by atoms with van der Waals surface area (Å²) in [6.07, 6.45) is -0.585. The van der Waals surface area contributed by atoms with E-state index in [4.69, 9.17) is 10.5 Å². The van der Waals surface area contributed by atoms with Gasteiger partial charge in [-0.15, -0.1) is 0 Å². The van der Waals surface area contributed by atoms with Gasteiger partial charge in [-0.25, -0.2) is 0 Å². The lowest BCUT2D eigenvalue weighted by Crippen LogP contribution is -2.41. The summed E-state index contributed by atoms with van der Waals surface area (Å²) >= 11 is 0. The predicted octanol–water partition coefficient (Wildman–Crippen LogP) is 1.45. The topological polar surface area (TPSA) is 64.3 Å². The van der Waals surface area contributed by atoms with E-state index in [0.29, 0.717) is 0 Å². The lowest BCUT2D eigenvalue weighted by atomic mass is 10.00. The molecule has 0 fully saturated rings. The molecule has 0 aliphatic carbocycles. The van der Waals surface area contributed by atoms with Crippen LogP contribution in [0.15, 0.2) is 18.2 Å². The molecule has 4 heteroatoms. The third-order valence-electron chi connectivity index (χ3n) is 3.04. The first-order valence-corrected chi connectivity index (χ1v) is 6.10. The van der Waals surface area contributed by atoms with Crippen molar-refractivity contribution in [3.63, 3.8) is 0 Å². The average molecular weight is 250 g/mol. The Bertz CT molecular complexity index is 414. The van der Waals surface area contributed by atoms with E-state index in [2.05, 4.69) is 18.3 Å². The van der Waals surface area contributed by atoms with Crippen molar-refractivity contribution in [3.05, 3.63) is 34.9 Å². The standard InChI is InChI=1S/C14H22N2O2/c1-9-5-6-12(10(2)7-9)11(3)16-14(17)13(8-15)18-4/h5-7,11,13H,8,15H2,1-4H3,(H,16,17). The summed E-state index contributed by atoms with van der Waals surface area (Å²) in [6.45, 7) is 6.23. The minimum atomic E-state index is -0.585. The number of carbonyl (C=O) groups is 1. The van der Waals surface area contributed by atoms with Gasteiger partial charge in [0.1, 0.15) is 6.10 Å². The van der Waals surface area contributed by atoms with Gasteiger partial charge in [-0.3, -0.25) is 4.79 Å². The lowest BCUT2D eigenvalue weighted by Gasteiger charge is -2.20. The summed E-state index contributed by atoms with van der Waals surface area (Å²) in [4.78, 5) is 11.9. The van der Waals surface area contributed by atoms with Gasteiger partial charge in [0.25, 0.3) is 5.91 Å². The van der Waals surface area contributed by atoms with E-state index in [1.807, 2.05) is 26.0 Å². The molecule has 0 aromatic heterocycles. The van der Waals surface area contributed by atoms with Gasteiger partial charge in [0, 0.05) is 13.7 Å². The molecular weight excluding hydrogens is 228 g/mol. The highest BCUT2D eigenvalue weighted by Gasteiger charge is 2.19. The molecular formula is C14H22N2O2. The Morgan fingerprint density at radius 3 is 2.61 bits per heavy atom. The largest absolute Gasteiger partial charge is 0.370 e. The van der Waals surface area contributed by atoms with Crippen molar-refractivity contribution >= 4 is 5.91 Å². The van der Waals surface area contributed by atoms with Crippen LogP contribution in [0.4, 0.5) is 0 Å². The molecule has 3 N–H and O–H groups in total. The summed E-state index contributed by atoms with van der Waals surface area (Å²) in [5.74, 6) is -0.174. The first-order chi connectivity index (χ1) is 8.49. The van der Waals surface area contributed by atoms with Crippen LogP contribution in [0.25, 0.3) is 0 Å². The lowest BCUT2D eigenvalue weighted by molar-refractivity contribution is -0.131. The van der Waals surface area contributed by atoms with Gasteiger partial charge in [-0.1, -0.05) is 23.8 Å². The van der Waals surface area contributed by atoms with Crippen LogP contribution in [-0.4, -0.2) is 25.7 Å². The predicted molar refractivity (Wildman–Crippen MR) is 72.3 cm³/mol. The van der Waals surface area contributed by atoms with Crippen LogP contribution in [0.1, 0.15) is 29.7 Å². The molecule has 4 nitrogen and oxygen atoms in total. The van der Waals surface area contributed by atoms with Gasteiger partial charge in [-0.05, 0) is 31.9 Å². The first kappa shape index (κ1) is 14.7. The Hall–Kier alpha value is -1.39. The summed E-state index contributed by atoms with van der Waals surface area (Å²) in [6, 6.07) is 6.14. The highest BCUT2D eigenvalue weighted by Crippen LogP contribution is 2.18. The molecule has 0 spiro atoms. The number of hydrogen-bond acceptors (Lipinski definition) is 3. The van der Waals surface area contributed by atoms with E-state index in [1.165, 1.54) is 18.2 Å². The highest BCUT2D eigenvalue weighted by molar-refractivity contribution is 5.81.